The van der Waals surface area contributed by atoms with E-state index in [1.165, 1.54) is 11.3 Å². The van der Waals surface area contributed by atoms with Crippen molar-refractivity contribution in [1.29, 1.82) is 0 Å². The van der Waals surface area contributed by atoms with Gasteiger partial charge in [-0.15, -0.1) is 11.3 Å². The second-order valence-corrected chi connectivity index (χ2v) is 4.43. The first-order valence-electron chi connectivity index (χ1n) is 3.69. The molecule has 2 rings (SSSR count). The number of thiophene rings is 1. The van der Waals surface area contributed by atoms with E-state index < -0.39 is 5.97 Å². The molecule has 2 aromatic rings. The zero-order valence-corrected chi connectivity index (χ0v) is 8.45. The molecular weight excluding hydrogens is 222 g/mol. The van der Waals surface area contributed by atoms with Crippen LogP contribution >= 0.6 is 22.7 Å². The summed E-state index contributed by atoms with van der Waals surface area (Å²) in [5.74, 6) is -1.07. The molecule has 0 aliphatic rings. The molecule has 0 saturated carbocycles. The molecule has 4 nitrogen and oxygen atoms in total. The van der Waals surface area contributed by atoms with Crippen LogP contribution < -0.4 is 4.87 Å². The van der Waals surface area contributed by atoms with Gasteiger partial charge in [0.05, 0.1) is 10.6 Å². The first-order valence-corrected chi connectivity index (χ1v) is 5.38. The van der Waals surface area contributed by atoms with Crippen LogP contribution in [0.3, 0.4) is 0 Å². The molecule has 14 heavy (non-hydrogen) atoms. The third-order valence-corrected chi connectivity index (χ3v) is 3.37. The standard InChI is InChI=1S/C8H5NO3S2/c10-7(11)6-5(9-8(12)14-6)4-2-1-3-13-4/h1-3H,(H,9,12)(H,10,11). The Morgan fingerprint density at radius 2 is 2.29 bits per heavy atom. The summed E-state index contributed by atoms with van der Waals surface area (Å²) in [5.41, 5.74) is 0.405. The quantitative estimate of drug-likeness (QED) is 0.822. The van der Waals surface area contributed by atoms with Gasteiger partial charge in [0, 0.05) is 0 Å². The van der Waals surface area contributed by atoms with Crippen molar-refractivity contribution in [3.8, 4) is 10.6 Å². The van der Waals surface area contributed by atoms with Crippen LogP contribution in [0, 0.1) is 0 Å². The first-order chi connectivity index (χ1) is 6.68. The van der Waals surface area contributed by atoms with Gasteiger partial charge in [-0.2, -0.15) is 0 Å². The van der Waals surface area contributed by atoms with Gasteiger partial charge in [-0.3, -0.25) is 4.79 Å². The Labute approximate surface area is 86.5 Å². The van der Waals surface area contributed by atoms with E-state index in [0.29, 0.717) is 17.0 Å². The van der Waals surface area contributed by atoms with E-state index >= 15 is 0 Å². The number of rotatable bonds is 2. The minimum atomic E-state index is -1.07. The lowest BCUT2D eigenvalue weighted by molar-refractivity contribution is 0.0703. The van der Waals surface area contributed by atoms with Crippen LogP contribution in [0.5, 0.6) is 0 Å². The Kier molecular flexibility index (Phi) is 2.22. The summed E-state index contributed by atoms with van der Waals surface area (Å²) in [6.07, 6.45) is 0. The molecule has 0 aliphatic heterocycles. The second-order valence-electron chi connectivity index (χ2n) is 2.50. The molecule has 0 aromatic carbocycles. The molecule has 0 radical (unpaired) electrons. The summed E-state index contributed by atoms with van der Waals surface area (Å²) in [6, 6.07) is 3.58. The smallest absolute Gasteiger partial charge is 0.348 e. The first kappa shape index (κ1) is 9.17. The molecule has 0 bridgehead atoms. The number of thiazole rings is 1. The maximum atomic E-state index is 11.0. The van der Waals surface area contributed by atoms with Gasteiger partial charge < -0.3 is 10.1 Å². The maximum Gasteiger partial charge on any atom is 0.348 e. The summed E-state index contributed by atoms with van der Waals surface area (Å²) >= 11 is 2.11. The minimum absolute atomic E-state index is 0.0671. The Morgan fingerprint density at radius 3 is 2.86 bits per heavy atom. The van der Waals surface area contributed by atoms with E-state index in [1.807, 2.05) is 11.4 Å². The van der Waals surface area contributed by atoms with Crippen molar-refractivity contribution in [2.45, 2.75) is 0 Å². The fourth-order valence-corrected chi connectivity index (χ4v) is 2.56. The highest BCUT2D eigenvalue weighted by atomic mass is 32.1. The average Bonchev–Trinajstić information content (AvgIpc) is 2.70. The molecule has 6 heteroatoms. The van der Waals surface area contributed by atoms with Gasteiger partial charge in [0.25, 0.3) is 0 Å². The van der Waals surface area contributed by atoms with E-state index in [1.54, 1.807) is 6.07 Å². The van der Waals surface area contributed by atoms with E-state index in [0.717, 1.165) is 4.88 Å². The largest absolute Gasteiger partial charge is 0.477 e. The third kappa shape index (κ3) is 1.49. The number of hydrogen-bond acceptors (Lipinski definition) is 4. The van der Waals surface area contributed by atoms with Crippen LogP contribution in [0.25, 0.3) is 10.6 Å². The zero-order chi connectivity index (χ0) is 10.1. The van der Waals surface area contributed by atoms with Crippen LogP contribution in [-0.4, -0.2) is 16.1 Å². The lowest BCUT2D eigenvalue weighted by Crippen LogP contribution is -1.94. The van der Waals surface area contributed by atoms with Crippen molar-refractivity contribution in [2.75, 3.05) is 0 Å². The fraction of sp³-hybridized carbons (Fsp3) is 0. The number of aromatic nitrogens is 1. The Hall–Kier alpha value is -1.40. The Morgan fingerprint density at radius 1 is 1.50 bits per heavy atom. The number of carbonyl (C=O) groups is 1. The molecule has 2 aromatic heterocycles. The number of aromatic carboxylic acids is 1. The van der Waals surface area contributed by atoms with E-state index in [-0.39, 0.29) is 9.75 Å². The SMILES string of the molecule is O=C(O)c1sc(=O)[nH]c1-c1cccs1. The normalized spacial score (nSPS) is 10.3. The molecular formula is C8H5NO3S2. The average molecular weight is 227 g/mol. The lowest BCUT2D eigenvalue weighted by atomic mass is 10.3. The van der Waals surface area contributed by atoms with Crippen molar-refractivity contribution >= 4 is 28.6 Å². The van der Waals surface area contributed by atoms with Crippen LogP contribution in [-0.2, 0) is 0 Å². The zero-order valence-electron chi connectivity index (χ0n) is 6.81. The van der Waals surface area contributed by atoms with Crippen molar-refractivity contribution in [2.24, 2.45) is 0 Å². The third-order valence-electron chi connectivity index (χ3n) is 1.61. The fourth-order valence-electron chi connectivity index (χ4n) is 1.07. The summed E-state index contributed by atoms with van der Waals surface area (Å²) in [5, 5.41) is 10.7. The predicted octanol–water partition coefficient (Wildman–Crippen LogP) is 1.86. The molecule has 0 saturated heterocycles. The van der Waals surface area contributed by atoms with Gasteiger partial charge in [0.2, 0.25) is 0 Å². The molecule has 0 unspecified atom stereocenters. The molecule has 0 aliphatic carbocycles. The van der Waals surface area contributed by atoms with Crippen LogP contribution in [0.4, 0.5) is 0 Å². The summed E-state index contributed by atoms with van der Waals surface area (Å²) in [4.78, 5) is 24.8. The van der Waals surface area contributed by atoms with Gasteiger partial charge in [0.15, 0.2) is 0 Å². The molecule has 2 heterocycles. The second kappa shape index (κ2) is 3.39. The monoisotopic (exact) mass is 227 g/mol. The lowest BCUT2D eigenvalue weighted by Gasteiger charge is -1.93. The number of carboxylic acid groups (broad SMARTS) is 1. The molecule has 72 valence electrons. The van der Waals surface area contributed by atoms with Gasteiger partial charge in [-0.05, 0) is 11.4 Å². The Bertz CT molecular complexity index is 509. The Balaban J connectivity index is 2.63. The van der Waals surface area contributed by atoms with Crippen LogP contribution in [0.2, 0.25) is 0 Å². The van der Waals surface area contributed by atoms with E-state index in [2.05, 4.69) is 4.98 Å². The van der Waals surface area contributed by atoms with Gasteiger partial charge in [0.1, 0.15) is 4.88 Å². The van der Waals surface area contributed by atoms with Crippen LogP contribution in [0.15, 0.2) is 22.3 Å². The summed E-state index contributed by atoms with van der Waals surface area (Å²) < 4.78 is 0. The summed E-state index contributed by atoms with van der Waals surface area (Å²) in [6.45, 7) is 0. The number of nitrogens with one attached hydrogen (secondary N) is 1. The highest BCUT2D eigenvalue weighted by Gasteiger charge is 2.16. The number of carboxylic acids is 1. The molecule has 0 fully saturated rings. The van der Waals surface area contributed by atoms with E-state index in [9.17, 15) is 9.59 Å². The minimum Gasteiger partial charge on any atom is -0.477 e. The molecule has 0 spiro atoms. The predicted molar refractivity (Wildman–Crippen MR) is 55.2 cm³/mol. The number of H-pyrrole nitrogens is 1. The maximum absolute atomic E-state index is 11.0. The number of aromatic amines is 1. The molecule has 0 atom stereocenters. The van der Waals surface area contributed by atoms with Gasteiger partial charge in [-0.1, -0.05) is 17.4 Å². The van der Waals surface area contributed by atoms with Crippen molar-refractivity contribution in [3.05, 3.63) is 32.1 Å². The van der Waals surface area contributed by atoms with Crippen molar-refractivity contribution in [3.63, 3.8) is 0 Å². The van der Waals surface area contributed by atoms with Gasteiger partial charge in [-0.25, -0.2) is 4.79 Å². The van der Waals surface area contributed by atoms with Gasteiger partial charge >= 0.3 is 10.8 Å². The highest BCUT2D eigenvalue weighted by molar-refractivity contribution is 7.15. The topological polar surface area (TPSA) is 70.2 Å². The van der Waals surface area contributed by atoms with Crippen molar-refractivity contribution < 1.29 is 9.90 Å². The van der Waals surface area contributed by atoms with E-state index in [4.69, 9.17) is 5.11 Å². The number of hydrogen-bond donors (Lipinski definition) is 2. The van der Waals surface area contributed by atoms with Crippen molar-refractivity contribution in [1.82, 2.24) is 4.98 Å². The van der Waals surface area contributed by atoms with Crippen LogP contribution in [0.1, 0.15) is 9.67 Å². The molecule has 2 N–H and O–H groups in total. The summed E-state index contributed by atoms with van der Waals surface area (Å²) in [7, 11) is 0. The highest BCUT2D eigenvalue weighted by Crippen LogP contribution is 2.27. The molecule has 0 amide bonds.